The van der Waals surface area contributed by atoms with Crippen molar-refractivity contribution in [1.29, 1.82) is 0 Å². The molecule has 1 fully saturated rings. The van der Waals surface area contributed by atoms with Crippen LogP contribution in [0, 0.1) is 12.8 Å². The molecule has 6 heteroatoms. The van der Waals surface area contributed by atoms with Gasteiger partial charge in [-0.2, -0.15) is 4.98 Å². The number of aromatic nitrogens is 2. The minimum atomic E-state index is 0.0838. The molecule has 3 rings (SSSR count). The fourth-order valence-electron chi connectivity index (χ4n) is 3.19. The number of benzene rings is 1. The molecule has 1 aliphatic rings. The van der Waals surface area contributed by atoms with E-state index in [-0.39, 0.29) is 18.4 Å². The van der Waals surface area contributed by atoms with E-state index in [1.54, 1.807) is 0 Å². The third-order valence-electron chi connectivity index (χ3n) is 4.28. The largest absolute Gasteiger partial charge is 0.494 e. The van der Waals surface area contributed by atoms with Crippen molar-refractivity contribution in [3.8, 4) is 5.75 Å². The average Bonchev–Trinajstić information content (AvgIpc) is 3.15. The average molecular weight is 317 g/mol. The van der Waals surface area contributed by atoms with Crippen LogP contribution in [-0.4, -0.2) is 46.5 Å². The van der Waals surface area contributed by atoms with Crippen molar-refractivity contribution in [2.75, 3.05) is 26.3 Å². The van der Waals surface area contributed by atoms with E-state index in [0.29, 0.717) is 18.3 Å². The first-order chi connectivity index (χ1) is 11.2. The molecule has 1 aromatic heterocycles. The van der Waals surface area contributed by atoms with Crippen molar-refractivity contribution < 1.29 is 14.4 Å². The Kier molecular flexibility index (Phi) is 4.93. The lowest BCUT2D eigenvalue weighted by atomic mass is 9.97. The molecular formula is C17H23N3O3. The summed E-state index contributed by atoms with van der Waals surface area (Å²) in [6, 6.07) is 8.09. The monoisotopic (exact) mass is 317 g/mol. The Morgan fingerprint density at radius 1 is 1.35 bits per heavy atom. The van der Waals surface area contributed by atoms with Gasteiger partial charge in [-0.3, -0.25) is 4.90 Å². The van der Waals surface area contributed by atoms with E-state index in [1.165, 1.54) is 0 Å². The van der Waals surface area contributed by atoms with Crippen LogP contribution in [0.3, 0.4) is 0 Å². The molecule has 2 atom stereocenters. The van der Waals surface area contributed by atoms with Crippen LogP contribution >= 0.6 is 0 Å². The number of para-hydroxylation sites is 1. The molecule has 1 aromatic carbocycles. The summed E-state index contributed by atoms with van der Waals surface area (Å²) in [4.78, 5) is 6.65. The maximum absolute atomic E-state index is 9.69. The summed E-state index contributed by atoms with van der Waals surface area (Å²) >= 11 is 0. The van der Waals surface area contributed by atoms with Crippen LogP contribution in [0.15, 0.2) is 28.8 Å². The van der Waals surface area contributed by atoms with Crippen molar-refractivity contribution in [2.45, 2.75) is 26.3 Å². The highest BCUT2D eigenvalue weighted by Gasteiger charge is 2.37. The molecule has 0 amide bonds. The zero-order valence-electron chi connectivity index (χ0n) is 13.6. The number of hydrogen-bond donors (Lipinski definition) is 1. The molecule has 2 heterocycles. The molecule has 0 radical (unpaired) electrons. The van der Waals surface area contributed by atoms with Gasteiger partial charge >= 0.3 is 0 Å². The highest BCUT2D eigenvalue weighted by atomic mass is 16.5. The summed E-state index contributed by atoms with van der Waals surface area (Å²) in [5, 5.41) is 13.6. The Morgan fingerprint density at radius 2 is 2.17 bits per heavy atom. The van der Waals surface area contributed by atoms with Gasteiger partial charge < -0.3 is 14.4 Å². The molecule has 23 heavy (non-hydrogen) atoms. The molecule has 1 saturated heterocycles. The molecule has 0 spiro atoms. The first kappa shape index (κ1) is 16.0. The Labute approximate surface area is 136 Å². The third-order valence-corrected chi connectivity index (χ3v) is 4.28. The number of aliphatic hydroxyl groups excluding tert-OH is 1. The summed E-state index contributed by atoms with van der Waals surface area (Å²) in [6.07, 6.45) is 0. The SMILES string of the molecule is CCOc1ccccc1CN1C[C@@H](CO)[C@H](c2nc(C)no2)C1. The van der Waals surface area contributed by atoms with Gasteiger partial charge in [-0.15, -0.1) is 0 Å². The molecular weight excluding hydrogens is 294 g/mol. The van der Waals surface area contributed by atoms with E-state index in [1.807, 2.05) is 32.0 Å². The van der Waals surface area contributed by atoms with Gasteiger partial charge in [0.25, 0.3) is 0 Å². The normalized spacial score (nSPS) is 21.7. The van der Waals surface area contributed by atoms with Crippen molar-refractivity contribution in [1.82, 2.24) is 15.0 Å². The number of nitrogens with zero attached hydrogens (tertiary/aromatic N) is 3. The molecule has 124 valence electrons. The minimum Gasteiger partial charge on any atom is -0.494 e. The molecule has 0 unspecified atom stereocenters. The summed E-state index contributed by atoms with van der Waals surface area (Å²) in [5.74, 6) is 2.39. The van der Waals surface area contributed by atoms with Crippen LogP contribution in [-0.2, 0) is 6.54 Å². The van der Waals surface area contributed by atoms with Crippen molar-refractivity contribution in [3.05, 3.63) is 41.5 Å². The van der Waals surface area contributed by atoms with Gasteiger partial charge in [0, 0.05) is 37.7 Å². The van der Waals surface area contributed by atoms with Gasteiger partial charge in [0.1, 0.15) is 5.75 Å². The summed E-state index contributed by atoms with van der Waals surface area (Å²) in [7, 11) is 0. The number of aryl methyl sites for hydroxylation is 1. The van der Waals surface area contributed by atoms with Crippen molar-refractivity contribution in [3.63, 3.8) is 0 Å². The minimum absolute atomic E-state index is 0.0838. The highest BCUT2D eigenvalue weighted by molar-refractivity contribution is 5.33. The van der Waals surface area contributed by atoms with Crippen LogP contribution in [0.25, 0.3) is 0 Å². The van der Waals surface area contributed by atoms with E-state index in [9.17, 15) is 5.11 Å². The summed E-state index contributed by atoms with van der Waals surface area (Å²) in [6.45, 7) is 6.97. The lowest BCUT2D eigenvalue weighted by Crippen LogP contribution is -2.21. The molecule has 6 nitrogen and oxygen atoms in total. The standard InChI is InChI=1S/C17H23N3O3/c1-3-22-16-7-5-4-6-13(16)8-20-9-14(11-21)15(10-20)17-18-12(2)19-23-17/h4-7,14-15,21H,3,8-11H2,1-2H3/t14-,15+/m0/s1. The lowest BCUT2D eigenvalue weighted by Gasteiger charge is -2.18. The van der Waals surface area contributed by atoms with Gasteiger partial charge in [-0.1, -0.05) is 23.4 Å². The second-order valence-corrected chi connectivity index (χ2v) is 5.96. The number of ether oxygens (including phenoxy) is 1. The molecule has 2 aromatic rings. The first-order valence-electron chi connectivity index (χ1n) is 8.05. The Hall–Kier alpha value is -1.92. The van der Waals surface area contributed by atoms with Gasteiger partial charge in [-0.25, -0.2) is 0 Å². The van der Waals surface area contributed by atoms with E-state index in [4.69, 9.17) is 9.26 Å². The molecule has 1 N–H and O–H groups in total. The number of aliphatic hydroxyl groups is 1. The molecule has 0 aliphatic carbocycles. The highest BCUT2D eigenvalue weighted by Crippen LogP contribution is 2.33. The Morgan fingerprint density at radius 3 is 2.87 bits per heavy atom. The zero-order chi connectivity index (χ0) is 16.2. The predicted molar refractivity (Wildman–Crippen MR) is 85.2 cm³/mol. The summed E-state index contributed by atoms with van der Waals surface area (Å²) < 4.78 is 11.0. The van der Waals surface area contributed by atoms with E-state index in [2.05, 4.69) is 21.1 Å². The van der Waals surface area contributed by atoms with Crippen LogP contribution in [0.4, 0.5) is 0 Å². The van der Waals surface area contributed by atoms with Crippen LogP contribution in [0.1, 0.15) is 30.1 Å². The Balaban J connectivity index is 1.73. The number of likely N-dealkylation sites (tertiary alicyclic amines) is 1. The van der Waals surface area contributed by atoms with Gasteiger partial charge in [0.15, 0.2) is 5.82 Å². The molecule has 0 bridgehead atoms. The second kappa shape index (κ2) is 7.10. The number of rotatable bonds is 6. The van der Waals surface area contributed by atoms with Crippen molar-refractivity contribution in [2.24, 2.45) is 5.92 Å². The van der Waals surface area contributed by atoms with Gasteiger partial charge in [0.2, 0.25) is 5.89 Å². The van der Waals surface area contributed by atoms with E-state index in [0.717, 1.165) is 30.9 Å². The first-order valence-corrected chi connectivity index (χ1v) is 8.05. The van der Waals surface area contributed by atoms with Crippen LogP contribution in [0.2, 0.25) is 0 Å². The lowest BCUT2D eigenvalue weighted by molar-refractivity contribution is 0.204. The van der Waals surface area contributed by atoms with Gasteiger partial charge in [0.05, 0.1) is 12.5 Å². The topological polar surface area (TPSA) is 71.6 Å². The van der Waals surface area contributed by atoms with Gasteiger partial charge in [-0.05, 0) is 19.9 Å². The fraction of sp³-hybridized carbons (Fsp3) is 0.529. The smallest absolute Gasteiger partial charge is 0.231 e. The van der Waals surface area contributed by atoms with E-state index < -0.39 is 0 Å². The fourth-order valence-corrected chi connectivity index (χ4v) is 3.19. The van der Waals surface area contributed by atoms with Crippen LogP contribution < -0.4 is 4.74 Å². The molecule has 1 aliphatic heterocycles. The third kappa shape index (κ3) is 3.54. The predicted octanol–water partition coefficient (Wildman–Crippen LogP) is 1.98. The quantitative estimate of drug-likeness (QED) is 0.878. The van der Waals surface area contributed by atoms with Crippen molar-refractivity contribution >= 4 is 0 Å². The summed E-state index contributed by atoms with van der Waals surface area (Å²) in [5.41, 5.74) is 1.16. The molecule has 0 saturated carbocycles. The Bertz CT molecular complexity index is 644. The maximum Gasteiger partial charge on any atom is 0.231 e. The zero-order valence-corrected chi connectivity index (χ0v) is 13.6. The van der Waals surface area contributed by atoms with Crippen LogP contribution in [0.5, 0.6) is 5.75 Å². The second-order valence-electron chi connectivity index (χ2n) is 5.96. The maximum atomic E-state index is 9.69. The van der Waals surface area contributed by atoms with E-state index >= 15 is 0 Å². The number of hydrogen-bond acceptors (Lipinski definition) is 6.